The molecular formula is C13H12F3NO2S. The SMILES string of the molecule is O=S1(=O)C2C=C(c3ncccc3C(F)(F)F)CC1CC2. The Kier molecular flexibility index (Phi) is 2.93. The lowest BCUT2D eigenvalue weighted by molar-refractivity contribution is -0.138. The van der Waals surface area contributed by atoms with Gasteiger partial charge in [0.05, 0.1) is 21.8 Å². The van der Waals surface area contributed by atoms with Crippen molar-refractivity contribution in [3.63, 3.8) is 0 Å². The van der Waals surface area contributed by atoms with Crippen molar-refractivity contribution < 1.29 is 21.6 Å². The van der Waals surface area contributed by atoms with Gasteiger partial charge in [0.2, 0.25) is 0 Å². The van der Waals surface area contributed by atoms with Gasteiger partial charge in [-0.05, 0) is 37.0 Å². The molecule has 1 aromatic heterocycles. The second-order valence-corrected chi connectivity index (χ2v) is 7.57. The van der Waals surface area contributed by atoms with Gasteiger partial charge < -0.3 is 0 Å². The molecule has 2 aliphatic rings. The maximum atomic E-state index is 13.0. The summed E-state index contributed by atoms with van der Waals surface area (Å²) in [5.74, 6) is 0. The van der Waals surface area contributed by atoms with E-state index in [0.29, 0.717) is 18.4 Å². The zero-order chi connectivity index (χ0) is 14.5. The summed E-state index contributed by atoms with van der Waals surface area (Å²) in [7, 11) is -3.20. The normalized spacial score (nSPS) is 28.2. The Hall–Kier alpha value is -1.37. The number of alkyl halides is 3. The molecule has 0 saturated carbocycles. The minimum atomic E-state index is -4.49. The molecule has 0 radical (unpaired) electrons. The molecule has 7 heteroatoms. The molecule has 0 N–H and O–H groups in total. The van der Waals surface area contributed by atoms with Crippen LogP contribution in [-0.4, -0.2) is 23.9 Å². The van der Waals surface area contributed by atoms with Gasteiger partial charge in [-0.1, -0.05) is 6.08 Å². The first-order chi connectivity index (χ1) is 9.30. The third-order valence-electron chi connectivity index (χ3n) is 3.91. The van der Waals surface area contributed by atoms with Crippen LogP contribution in [0.5, 0.6) is 0 Å². The van der Waals surface area contributed by atoms with E-state index < -0.39 is 32.1 Å². The van der Waals surface area contributed by atoms with Crippen molar-refractivity contribution >= 4 is 15.4 Å². The van der Waals surface area contributed by atoms with Crippen molar-refractivity contribution in [2.75, 3.05) is 0 Å². The van der Waals surface area contributed by atoms with E-state index in [2.05, 4.69) is 4.98 Å². The van der Waals surface area contributed by atoms with Gasteiger partial charge in [0.15, 0.2) is 9.84 Å². The van der Waals surface area contributed by atoms with Gasteiger partial charge in [0.1, 0.15) is 0 Å². The highest BCUT2D eigenvalue weighted by Gasteiger charge is 2.45. The summed E-state index contributed by atoms with van der Waals surface area (Å²) in [6, 6.07) is 2.22. The summed E-state index contributed by atoms with van der Waals surface area (Å²) in [6.45, 7) is 0. The number of allylic oxidation sites excluding steroid dienone is 1. The van der Waals surface area contributed by atoms with E-state index in [4.69, 9.17) is 0 Å². The summed E-state index contributed by atoms with van der Waals surface area (Å²) in [5, 5.41) is -1.21. The summed E-state index contributed by atoms with van der Waals surface area (Å²) in [6.07, 6.45) is -0.600. The Labute approximate surface area is 114 Å². The molecule has 3 heterocycles. The minimum absolute atomic E-state index is 0.124. The van der Waals surface area contributed by atoms with Crippen LogP contribution >= 0.6 is 0 Å². The van der Waals surface area contributed by atoms with E-state index in [1.54, 1.807) is 0 Å². The van der Waals surface area contributed by atoms with Crippen LogP contribution in [0.2, 0.25) is 0 Å². The second-order valence-electron chi connectivity index (χ2n) is 5.12. The molecule has 2 atom stereocenters. The highest BCUT2D eigenvalue weighted by molar-refractivity contribution is 7.93. The Morgan fingerprint density at radius 2 is 2.00 bits per heavy atom. The maximum Gasteiger partial charge on any atom is 0.418 e. The molecule has 0 aromatic carbocycles. The first-order valence-electron chi connectivity index (χ1n) is 6.26. The molecule has 3 rings (SSSR count). The molecule has 108 valence electrons. The molecule has 3 nitrogen and oxygen atoms in total. The van der Waals surface area contributed by atoms with Crippen LogP contribution in [0.3, 0.4) is 0 Å². The van der Waals surface area contributed by atoms with E-state index in [1.807, 2.05) is 0 Å². The fraction of sp³-hybridized carbons (Fsp3) is 0.462. The molecule has 1 saturated heterocycles. The monoisotopic (exact) mass is 303 g/mol. The van der Waals surface area contributed by atoms with E-state index >= 15 is 0 Å². The highest BCUT2D eigenvalue weighted by Crippen LogP contribution is 2.43. The molecule has 0 spiro atoms. The van der Waals surface area contributed by atoms with Crippen LogP contribution in [0.4, 0.5) is 13.2 Å². The largest absolute Gasteiger partial charge is 0.418 e. The van der Waals surface area contributed by atoms with E-state index in [9.17, 15) is 21.6 Å². The van der Waals surface area contributed by atoms with Crippen LogP contribution in [0.15, 0.2) is 24.4 Å². The van der Waals surface area contributed by atoms with Gasteiger partial charge in [-0.25, -0.2) is 8.42 Å². The van der Waals surface area contributed by atoms with Gasteiger partial charge in [-0.2, -0.15) is 13.2 Å². The molecule has 1 fully saturated rings. The summed E-state index contributed by atoms with van der Waals surface area (Å²) in [5.41, 5.74) is -0.531. The van der Waals surface area contributed by atoms with Crippen LogP contribution in [0, 0.1) is 0 Å². The Morgan fingerprint density at radius 3 is 2.65 bits per heavy atom. The number of aromatic nitrogens is 1. The Bertz CT molecular complexity index is 679. The predicted molar refractivity (Wildman–Crippen MR) is 67.6 cm³/mol. The molecule has 0 aliphatic carbocycles. The fourth-order valence-electron chi connectivity index (χ4n) is 2.93. The number of nitrogens with zero attached hydrogens (tertiary/aromatic N) is 1. The Balaban J connectivity index is 2.09. The molecule has 2 unspecified atom stereocenters. The van der Waals surface area contributed by atoms with Crippen molar-refractivity contribution in [2.24, 2.45) is 0 Å². The number of fused-ring (bicyclic) bond motifs is 2. The molecular weight excluding hydrogens is 291 g/mol. The van der Waals surface area contributed by atoms with Crippen molar-refractivity contribution in [3.8, 4) is 0 Å². The number of sulfone groups is 1. The molecule has 2 aliphatic heterocycles. The standard InChI is InChI=1S/C13H12F3NO2S/c14-13(15,16)11-2-1-5-17-12(11)8-6-9-3-4-10(7-8)20(9,18)19/h1-2,5-6,9-10H,3-4,7H2. The average Bonchev–Trinajstić information content (AvgIpc) is 2.57. The summed E-state index contributed by atoms with van der Waals surface area (Å²) < 4.78 is 62.8. The van der Waals surface area contributed by atoms with Crippen LogP contribution < -0.4 is 0 Å². The fourth-order valence-corrected chi connectivity index (χ4v) is 5.11. The van der Waals surface area contributed by atoms with Gasteiger partial charge in [-0.3, -0.25) is 4.98 Å². The van der Waals surface area contributed by atoms with Gasteiger partial charge in [0.25, 0.3) is 0 Å². The van der Waals surface area contributed by atoms with Crippen LogP contribution in [0.1, 0.15) is 30.5 Å². The third kappa shape index (κ3) is 2.04. The molecule has 2 bridgehead atoms. The average molecular weight is 303 g/mol. The van der Waals surface area contributed by atoms with E-state index in [0.717, 1.165) is 6.07 Å². The predicted octanol–water partition coefficient (Wildman–Crippen LogP) is 2.83. The zero-order valence-corrected chi connectivity index (χ0v) is 11.2. The Morgan fingerprint density at radius 1 is 1.25 bits per heavy atom. The third-order valence-corrected chi connectivity index (χ3v) is 6.46. The van der Waals surface area contributed by atoms with Gasteiger partial charge in [0, 0.05) is 6.20 Å². The van der Waals surface area contributed by atoms with E-state index in [-0.39, 0.29) is 12.1 Å². The summed E-state index contributed by atoms with van der Waals surface area (Å²) in [4.78, 5) is 3.83. The lowest BCUT2D eigenvalue weighted by Crippen LogP contribution is -2.27. The number of pyridine rings is 1. The summed E-state index contributed by atoms with van der Waals surface area (Å²) >= 11 is 0. The molecule has 0 amide bonds. The number of hydrogen-bond acceptors (Lipinski definition) is 3. The molecule has 1 aromatic rings. The molecule has 20 heavy (non-hydrogen) atoms. The zero-order valence-electron chi connectivity index (χ0n) is 10.4. The van der Waals surface area contributed by atoms with Crippen molar-refractivity contribution in [2.45, 2.75) is 35.9 Å². The minimum Gasteiger partial charge on any atom is -0.256 e. The van der Waals surface area contributed by atoms with Gasteiger partial charge in [-0.15, -0.1) is 0 Å². The van der Waals surface area contributed by atoms with Gasteiger partial charge >= 0.3 is 6.18 Å². The lowest BCUT2D eigenvalue weighted by Gasteiger charge is -2.22. The van der Waals surface area contributed by atoms with Crippen molar-refractivity contribution in [3.05, 3.63) is 35.7 Å². The number of hydrogen-bond donors (Lipinski definition) is 0. The van der Waals surface area contributed by atoms with E-state index in [1.165, 1.54) is 18.3 Å². The quantitative estimate of drug-likeness (QED) is 0.801. The first-order valence-corrected chi connectivity index (χ1v) is 7.87. The number of rotatable bonds is 1. The van der Waals surface area contributed by atoms with Crippen molar-refractivity contribution in [1.29, 1.82) is 0 Å². The maximum absolute atomic E-state index is 13.0. The first kappa shape index (κ1) is 13.6. The smallest absolute Gasteiger partial charge is 0.256 e. The van der Waals surface area contributed by atoms with Crippen molar-refractivity contribution in [1.82, 2.24) is 4.98 Å². The second kappa shape index (κ2) is 4.31. The lowest BCUT2D eigenvalue weighted by atomic mass is 10.0. The number of halogens is 3. The topological polar surface area (TPSA) is 47.0 Å². The van der Waals surface area contributed by atoms with Crippen LogP contribution in [-0.2, 0) is 16.0 Å². The van der Waals surface area contributed by atoms with Crippen LogP contribution in [0.25, 0.3) is 5.57 Å². The highest BCUT2D eigenvalue weighted by atomic mass is 32.2.